The van der Waals surface area contributed by atoms with E-state index in [1.165, 1.54) is 34.8 Å². The highest BCUT2D eigenvalue weighted by Crippen LogP contribution is 2.26. The standard InChI is InChI=1S/C26H34N2O5S2/c1-6-20(2)27-34(29,30)24-13-15-25(16-14-24)35(31,32)28(19-23-8-7-17-33-23)18-21-9-11-22(12-10-21)26(3,4)5/h7-17,20,27H,6,18-19H2,1-5H3/t20-/m1/s1. The molecule has 0 bridgehead atoms. The number of nitrogens with one attached hydrogen (secondary N) is 1. The number of hydrogen-bond donors (Lipinski definition) is 1. The van der Waals surface area contributed by atoms with Crippen LogP contribution in [0.5, 0.6) is 0 Å². The van der Waals surface area contributed by atoms with Crippen molar-refractivity contribution in [3.05, 3.63) is 83.8 Å². The maximum absolute atomic E-state index is 13.6. The summed E-state index contributed by atoms with van der Waals surface area (Å²) in [4.78, 5) is 0.0324. The normalized spacial score (nSPS) is 13.8. The van der Waals surface area contributed by atoms with Crippen molar-refractivity contribution in [2.75, 3.05) is 0 Å². The molecule has 1 aromatic heterocycles. The van der Waals surface area contributed by atoms with Gasteiger partial charge < -0.3 is 4.42 Å². The average molecular weight is 519 g/mol. The number of hydrogen-bond acceptors (Lipinski definition) is 5. The van der Waals surface area contributed by atoms with Gasteiger partial charge in [-0.2, -0.15) is 4.31 Å². The molecule has 7 nitrogen and oxygen atoms in total. The molecule has 0 aliphatic carbocycles. The first-order valence-corrected chi connectivity index (χ1v) is 14.5. The van der Waals surface area contributed by atoms with E-state index in [1.54, 1.807) is 19.1 Å². The Morgan fingerprint density at radius 2 is 1.49 bits per heavy atom. The molecule has 35 heavy (non-hydrogen) atoms. The van der Waals surface area contributed by atoms with Crippen LogP contribution in [0.3, 0.4) is 0 Å². The first-order valence-electron chi connectivity index (χ1n) is 11.6. The van der Waals surface area contributed by atoms with Gasteiger partial charge in [0, 0.05) is 12.6 Å². The molecule has 0 unspecified atom stereocenters. The molecular formula is C26H34N2O5S2. The van der Waals surface area contributed by atoms with Crippen LogP contribution in [0.25, 0.3) is 0 Å². The van der Waals surface area contributed by atoms with Crippen LogP contribution >= 0.6 is 0 Å². The van der Waals surface area contributed by atoms with Crippen molar-refractivity contribution < 1.29 is 21.3 Å². The molecule has 0 saturated heterocycles. The van der Waals surface area contributed by atoms with Crippen LogP contribution in [0.15, 0.2) is 81.1 Å². The number of furan rings is 1. The predicted octanol–water partition coefficient (Wildman–Crippen LogP) is 5.05. The lowest BCUT2D eigenvalue weighted by molar-refractivity contribution is 0.358. The van der Waals surface area contributed by atoms with Gasteiger partial charge in [0.05, 0.1) is 22.6 Å². The second-order valence-electron chi connectivity index (χ2n) is 9.70. The first kappa shape index (κ1) is 27.1. The third-order valence-corrected chi connectivity index (χ3v) is 9.24. The summed E-state index contributed by atoms with van der Waals surface area (Å²) in [5.74, 6) is 0.511. The van der Waals surface area contributed by atoms with E-state index in [9.17, 15) is 16.8 Å². The van der Waals surface area contributed by atoms with Crippen LogP contribution in [0.1, 0.15) is 57.9 Å². The van der Waals surface area contributed by atoms with Gasteiger partial charge in [0.15, 0.2) is 0 Å². The molecule has 0 aliphatic rings. The number of benzene rings is 2. The van der Waals surface area contributed by atoms with E-state index in [0.29, 0.717) is 12.2 Å². The summed E-state index contributed by atoms with van der Waals surface area (Å²) in [6.07, 6.45) is 2.15. The fourth-order valence-corrected chi connectivity index (χ4v) is 6.19. The summed E-state index contributed by atoms with van der Waals surface area (Å²) in [6.45, 7) is 10.2. The number of rotatable bonds is 10. The molecule has 1 heterocycles. The van der Waals surface area contributed by atoms with E-state index in [4.69, 9.17) is 4.42 Å². The SMILES string of the molecule is CC[C@@H](C)NS(=O)(=O)c1ccc(S(=O)(=O)N(Cc2ccc(C(C)(C)C)cc2)Cc2ccco2)cc1. The molecule has 9 heteroatoms. The van der Waals surface area contributed by atoms with Gasteiger partial charge in [0.2, 0.25) is 20.0 Å². The van der Waals surface area contributed by atoms with E-state index in [1.807, 2.05) is 31.2 Å². The Balaban J connectivity index is 1.90. The van der Waals surface area contributed by atoms with Crippen molar-refractivity contribution in [3.63, 3.8) is 0 Å². The maximum atomic E-state index is 13.6. The lowest BCUT2D eigenvalue weighted by Gasteiger charge is -2.23. The Morgan fingerprint density at radius 1 is 0.886 bits per heavy atom. The fraction of sp³-hybridized carbons (Fsp3) is 0.385. The van der Waals surface area contributed by atoms with Gasteiger partial charge in [-0.1, -0.05) is 52.0 Å². The van der Waals surface area contributed by atoms with Gasteiger partial charge in [-0.05, 0) is 66.3 Å². The largest absolute Gasteiger partial charge is 0.468 e. The van der Waals surface area contributed by atoms with Crippen LogP contribution in [0.2, 0.25) is 0 Å². The molecule has 0 fully saturated rings. The minimum absolute atomic E-state index is 0.00960. The van der Waals surface area contributed by atoms with Crippen LogP contribution in [0, 0.1) is 0 Å². The van der Waals surface area contributed by atoms with Gasteiger partial charge in [-0.3, -0.25) is 0 Å². The van der Waals surface area contributed by atoms with E-state index in [-0.39, 0.29) is 34.3 Å². The summed E-state index contributed by atoms with van der Waals surface area (Å²) < 4.78 is 61.6. The molecule has 1 atom stereocenters. The highest BCUT2D eigenvalue weighted by atomic mass is 32.2. The lowest BCUT2D eigenvalue weighted by atomic mass is 9.87. The van der Waals surface area contributed by atoms with Crippen molar-refractivity contribution in [1.82, 2.24) is 9.03 Å². The van der Waals surface area contributed by atoms with Crippen LogP contribution in [0.4, 0.5) is 0 Å². The lowest BCUT2D eigenvalue weighted by Crippen LogP contribution is -2.32. The molecule has 3 rings (SSSR count). The average Bonchev–Trinajstić information content (AvgIpc) is 3.31. The Labute approximate surface area is 209 Å². The van der Waals surface area contributed by atoms with E-state index >= 15 is 0 Å². The number of sulfonamides is 2. The first-order chi connectivity index (χ1) is 16.3. The topological polar surface area (TPSA) is 96.7 Å². The molecule has 3 aromatic rings. The summed E-state index contributed by atoms with van der Waals surface area (Å²) in [5, 5.41) is 0. The molecule has 1 N–H and O–H groups in total. The van der Waals surface area contributed by atoms with Crippen molar-refractivity contribution in [2.24, 2.45) is 0 Å². The van der Waals surface area contributed by atoms with Gasteiger partial charge in [-0.25, -0.2) is 21.6 Å². The minimum Gasteiger partial charge on any atom is -0.468 e. The van der Waals surface area contributed by atoms with Gasteiger partial charge in [-0.15, -0.1) is 0 Å². The Kier molecular flexibility index (Phi) is 8.26. The molecule has 190 valence electrons. The predicted molar refractivity (Wildman–Crippen MR) is 137 cm³/mol. The molecule has 0 amide bonds. The summed E-state index contributed by atoms with van der Waals surface area (Å²) in [5.41, 5.74) is 1.99. The zero-order valence-electron chi connectivity index (χ0n) is 20.9. The minimum atomic E-state index is -3.95. The van der Waals surface area contributed by atoms with Crippen LogP contribution < -0.4 is 4.72 Å². The fourth-order valence-electron chi connectivity index (χ4n) is 3.47. The van der Waals surface area contributed by atoms with E-state index in [2.05, 4.69) is 25.5 Å². The van der Waals surface area contributed by atoms with Gasteiger partial charge >= 0.3 is 0 Å². The third-order valence-electron chi connectivity index (χ3n) is 5.83. The summed E-state index contributed by atoms with van der Waals surface area (Å²) >= 11 is 0. The Hall–Kier alpha value is -2.46. The van der Waals surface area contributed by atoms with Crippen LogP contribution in [-0.4, -0.2) is 27.2 Å². The summed E-state index contributed by atoms with van der Waals surface area (Å²) in [6, 6.07) is 16.4. The van der Waals surface area contributed by atoms with Crippen molar-refractivity contribution in [2.45, 2.75) is 75.4 Å². The highest BCUT2D eigenvalue weighted by molar-refractivity contribution is 7.89. The second kappa shape index (κ2) is 10.7. The van der Waals surface area contributed by atoms with Crippen molar-refractivity contribution in [3.8, 4) is 0 Å². The van der Waals surface area contributed by atoms with Crippen molar-refractivity contribution in [1.29, 1.82) is 0 Å². The maximum Gasteiger partial charge on any atom is 0.243 e. The summed E-state index contributed by atoms with van der Waals surface area (Å²) in [7, 11) is -7.68. The van der Waals surface area contributed by atoms with E-state index in [0.717, 1.165) is 11.1 Å². The quantitative estimate of drug-likeness (QED) is 0.405. The molecule has 2 aromatic carbocycles. The van der Waals surface area contributed by atoms with Crippen molar-refractivity contribution >= 4 is 20.0 Å². The van der Waals surface area contributed by atoms with Gasteiger partial charge in [0.25, 0.3) is 0 Å². The van der Waals surface area contributed by atoms with Crippen LogP contribution in [-0.2, 0) is 38.6 Å². The highest BCUT2D eigenvalue weighted by Gasteiger charge is 2.27. The van der Waals surface area contributed by atoms with Gasteiger partial charge in [0.1, 0.15) is 5.76 Å². The zero-order valence-corrected chi connectivity index (χ0v) is 22.5. The van der Waals surface area contributed by atoms with E-state index < -0.39 is 20.0 Å². The molecule has 0 aliphatic heterocycles. The molecular weight excluding hydrogens is 484 g/mol. The molecule has 0 saturated carbocycles. The monoisotopic (exact) mass is 518 g/mol. The Morgan fingerprint density at radius 3 is 2.00 bits per heavy atom. The second-order valence-corrected chi connectivity index (χ2v) is 13.4. The smallest absolute Gasteiger partial charge is 0.243 e. The number of nitrogens with zero attached hydrogens (tertiary/aromatic N) is 1. The molecule has 0 radical (unpaired) electrons. The Bertz CT molecular complexity index is 1310. The third kappa shape index (κ3) is 6.82. The zero-order chi connectivity index (χ0) is 25.9. The molecule has 0 spiro atoms.